The highest BCUT2D eigenvalue weighted by atomic mass is 32.1. The average molecular weight is 357 g/mol. The molecule has 0 spiro atoms. The standard InChI is InChI=1S/C18H19N3O3S/c1-10-7-8-15(25-10)17-19-13(11(2)24-17)9-21-14-6-4-5-12(14)16(20-21)18(22)23-3/h7-8H,4-6,9H2,1-3H3. The van der Waals surface area contributed by atoms with Crippen molar-refractivity contribution in [2.45, 2.75) is 39.7 Å². The number of methoxy groups -OCH3 is 1. The van der Waals surface area contributed by atoms with Crippen molar-refractivity contribution in [1.82, 2.24) is 14.8 Å². The lowest BCUT2D eigenvalue weighted by Gasteiger charge is -2.03. The first kappa shape index (κ1) is 16.1. The summed E-state index contributed by atoms with van der Waals surface area (Å²) < 4.78 is 12.6. The maximum atomic E-state index is 12.0. The Morgan fingerprint density at radius 3 is 2.92 bits per heavy atom. The molecule has 0 amide bonds. The molecule has 3 aromatic heterocycles. The molecule has 25 heavy (non-hydrogen) atoms. The highest BCUT2D eigenvalue weighted by Crippen LogP contribution is 2.30. The number of oxazole rings is 1. The second-order valence-corrected chi connectivity index (χ2v) is 7.50. The van der Waals surface area contributed by atoms with Gasteiger partial charge in [-0.15, -0.1) is 11.3 Å². The molecule has 0 saturated heterocycles. The van der Waals surface area contributed by atoms with E-state index in [4.69, 9.17) is 9.15 Å². The summed E-state index contributed by atoms with van der Waals surface area (Å²) in [6.07, 6.45) is 2.83. The Labute approximate surface area is 149 Å². The van der Waals surface area contributed by atoms with Gasteiger partial charge in [0.2, 0.25) is 5.89 Å². The minimum Gasteiger partial charge on any atom is -0.464 e. The van der Waals surface area contributed by atoms with Crippen LogP contribution in [0.5, 0.6) is 0 Å². The summed E-state index contributed by atoms with van der Waals surface area (Å²) in [5.74, 6) is 1.05. The lowest BCUT2D eigenvalue weighted by Crippen LogP contribution is -2.09. The summed E-state index contributed by atoms with van der Waals surface area (Å²) in [6.45, 7) is 4.47. The van der Waals surface area contributed by atoms with Crippen molar-refractivity contribution in [3.05, 3.63) is 45.4 Å². The number of nitrogens with zero attached hydrogens (tertiary/aromatic N) is 3. The molecule has 0 saturated carbocycles. The molecule has 0 radical (unpaired) electrons. The molecule has 3 aromatic rings. The molecule has 0 aliphatic heterocycles. The Morgan fingerprint density at radius 1 is 1.36 bits per heavy atom. The van der Waals surface area contributed by atoms with E-state index in [1.165, 1.54) is 12.0 Å². The van der Waals surface area contributed by atoms with E-state index in [1.807, 2.05) is 17.7 Å². The Balaban J connectivity index is 1.67. The summed E-state index contributed by atoms with van der Waals surface area (Å²) in [6, 6.07) is 4.08. The van der Waals surface area contributed by atoms with E-state index in [0.717, 1.165) is 46.9 Å². The number of rotatable bonds is 4. The van der Waals surface area contributed by atoms with Crippen molar-refractivity contribution in [3.8, 4) is 10.8 Å². The molecular formula is C18H19N3O3S. The van der Waals surface area contributed by atoms with Gasteiger partial charge in [0.05, 0.1) is 18.5 Å². The number of aryl methyl sites for hydroxylation is 2. The fourth-order valence-electron chi connectivity index (χ4n) is 3.27. The van der Waals surface area contributed by atoms with E-state index in [1.54, 1.807) is 11.3 Å². The van der Waals surface area contributed by atoms with Crippen LogP contribution in [0.15, 0.2) is 16.5 Å². The second kappa shape index (κ2) is 6.15. The fourth-order valence-corrected chi connectivity index (χ4v) is 4.07. The van der Waals surface area contributed by atoms with Gasteiger partial charge in [-0.25, -0.2) is 9.78 Å². The van der Waals surface area contributed by atoms with E-state index in [2.05, 4.69) is 23.1 Å². The number of carbonyl (C=O) groups excluding carboxylic acids is 1. The SMILES string of the molecule is COC(=O)c1nn(Cc2nc(-c3ccc(C)s3)oc2C)c2c1CCC2. The van der Waals surface area contributed by atoms with Gasteiger partial charge in [-0.3, -0.25) is 4.68 Å². The van der Waals surface area contributed by atoms with Gasteiger partial charge in [0, 0.05) is 16.1 Å². The molecule has 0 bridgehead atoms. The minimum atomic E-state index is -0.372. The summed E-state index contributed by atoms with van der Waals surface area (Å²) in [5.41, 5.74) is 3.40. The van der Waals surface area contributed by atoms with E-state index < -0.39 is 0 Å². The number of hydrogen-bond acceptors (Lipinski definition) is 6. The predicted octanol–water partition coefficient (Wildman–Crippen LogP) is 3.54. The molecule has 1 aliphatic carbocycles. The van der Waals surface area contributed by atoms with E-state index >= 15 is 0 Å². The summed E-state index contributed by atoms with van der Waals surface area (Å²) in [4.78, 5) is 18.9. The van der Waals surface area contributed by atoms with Gasteiger partial charge in [-0.1, -0.05) is 0 Å². The maximum Gasteiger partial charge on any atom is 0.358 e. The Bertz CT molecular complexity index is 951. The van der Waals surface area contributed by atoms with Gasteiger partial charge >= 0.3 is 5.97 Å². The van der Waals surface area contributed by atoms with E-state index in [9.17, 15) is 4.79 Å². The number of hydrogen-bond donors (Lipinski definition) is 0. The number of aromatic nitrogens is 3. The smallest absolute Gasteiger partial charge is 0.358 e. The third-order valence-electron chi connectivity index (χ3n) is 4.53. The highest BCUT2D eigenvalue weighted by molar-refractivity contribution is 7.15. The summed E-state index contributed by atoms with van der Waals surface area (Å²) >= 11 is 1.66. The molecule has 0 unspecified atom stereocenters. The van der Waals surface area contributed by atoms with Crippen LogP contribution in [0, 0.1) is 13.8 Å². The molecule has 3 heterocycles. The molecule has 0 fully saturated rings. The number of fused-ring (bicyclic) bond motifs is 1. The first-order valence-corrected chi connectivity index (χ1v) is 9.08. The van der Waals surface area contributed by atoms with Crippen molar-refractivity contribution in [1.29, 1.82) is 0 Å². The summed E-state index contributed by atoms with van der Waals surface area (Å²) in [7, 11) is 1.39. The van der Waals surface area contributed by atoms with Crippen LogP contribution in [0.3, 0.4) is 0 Å². The van der Waals surface area contributed by atoms with Crippen LogP contribution in [0.2, 0.25) is 0 Å². The largest absolute Gasteiger partial charge is 0.464 e. The van der Waals surface area contributed by atoms with Crippen LogP contribution in [0.25, 0.3) is 10.8 Å². The lowest BCUT2D eigenvalue weighted by molar-refractivity contribution is 0.0592. The van der Waals surface area contributed by atoms with Gasteiger partial charge in [-0.05, 0) is 45.2 Å². The topological polar surface area (TPSA) is 70.2 Å². The van der Waals surface area contributed by atoms with Gasteiger partial charge in [-0.2, -0.15) is 5.10 Å². The van der Waals surface area contributed by atoms with Gasteiger partial charge < -0.3 is 9.15 Å². The second-order valence-electron chi connectivity index (χ2n) is 6.21. The third kappa shape index (κ3) is 2.78. The van der Waals surface area contributed by atoms with Crippen molar-refractivity contribution >= 4 is 17.3 Å². The summed E-state index contributed by atoms with van der Waals surface area (Å²) in [5, 5.41) is 4.49. The minimum absolute atomic E-state index is 0.372. The normalized spacial score (nSPS) is 13.2. The van der Waals surface area contributed by atoms with Crippen LogP contribution in [0.4, 0.5) is 0 Å². The van der Waals surface area contributed by atoms with E-state index in [0.29, 0.717) is 18.1 Å². The van der Waals surface area contributed by atoms with Crippen LogP contribution < -0.4 is 0 Å². The predicted molar refractivity (Wildman–Crippen MR) is 94.0 cm³/mol. The van der Waals surface area contributed by atoms with Gasteiger partial charge in [0.1, 0.15) is 11.5 Å². The van der Waals surface area contributed by atoms with Crippen LogP contribution in [-0.2, 0) is 24.1 Å². The average Bonchev–Trinajstić information content (AvgIpc) is 3.33. The zero-order valence-electron chi connectivity index (χ0n) is 14.5. The maximum absolute atomic E-state index is 12.0. The molecular weight excluding hydrogens is 338 g/mol. The molecule has 6 nitrogen and oxygen atoms in total. The molecule has 4 rings (SSSR count). The Kier molecular flexibility index (Phi) is 3.95. The molecule has 0 N–H and O–H groups in total. The molecule has 130 valence electrons. The first-order chi connectivity index (χ1) is 12.1. The number of carbonyl (C=O) groups is 1. The number of thiophene rings is 1. The quantitative estimate of drug-likeness (QED) is 0.668. The Morgan fingerprint density at radius 2 is 2.20 bits per heavy atom. The molecule has 7 heteroatoms. The third-order valence-corrected chi connectivity index (χ3v) is 5.52. The molecule has 1 aliphatic rings. The lowest BCUT2D eigenvalue weighted by atomic mass is 10.2. The first-order valence-electron chi connectivity index (χ1n) is 8.26. The number of esters is 1. The Hall–Kier alpha value is -2.41. The van der Waals surface area contributed by atoms with Crippen LogP contribution >= 0.6 is 11.3 Å². The number of ether oxygens (including phenoxy) is 1. The van der Waals surface area contributed by atoms with Crippen molar-refractivity contribution in [3.63, 3.8) is 0 Å². The fraction of sp³-hybridized carbons (Fsp3) is 0.389. The zero-order chi connectivity index (χ0) is 17.6. The van der Waals surface area contributed by atoms with Crippen molar-refractivity contribution < 1.29 is 13.9 Å². The monoisotopic (exact) mass is 357 g/mol. The zero-order valence-corrected chi connectivity index (χ0v) is 15.3. The molecule has 0 aromatic carbocycles. The van der Waals surface area contributed by atoms with Gasteiger partial charge in [0.25, 0.3) is 0 Å². The van der Waals surface area contributed by atoms with E-state index in [-0.39, 0.29) is 5.97 Å². The van der Waals surface area contributed by atoms with Gasteiger partial charge in [0.15, 0.2) is 5.69 Å². The van der Waals surface area contributed by atoms with Crippen LogP contribution in [0.1, 0.15) is 44.5 Å². The van der Waals surface area contributed by atoms with Crippen LogP contribution in [-0.4, -0.2) is 27.8 Å². The van der Waals surface area contributed by atoms with Crippen molar-refractivity contribution in [2.24, 2.45) is 0 Å². The molecule has 0 atom stereocenters. The van der Waals surface area contributed by atoms with Crippen molar-refractivity contribution in [2.75, 3.05) is 7.11 Å². The highest BCUT2D eigenvalue weighted by Gasteiger charge is 2.27.